The lowest BCUT2D eigenvalue weighted by atomic mass is 9.95. The van der Waals surface area contributed by atoms with Crippen LogP contribution in [0.1, 0.15) is 19.3 Å². The molecule has 0 unspecified atom stereocenters. The normalized spacial score (nSPS) is 17.7. The molecule has 4 rings (SSSR count). The van der Waals surface area contributed by atoms with Gasteiger partial charge in [-0.2, -0.15) is 0 Å². The van der Waals surface area contributed by atoms with Gasteiger partial charge in [0.2, 0.25) is 5.91 Å². The molecule has 2 fully saturated rings. The Morgan fingerprint density at radius 1 is 0.909 bits per heavy atom. The van der Waals surface area contributed by atoms with Crippen molar-refractivity contribution in [2.24, 2.45) is 5.92 Å². The molecule has 0 radical (unpaired) electrons. The van der Waals surface area contributed by atoms with Crippen LogP contribution >= 0.6 is 0 Å². The van der Waals surface area contributed by atoms with E-state index in [2.05, 4.69) is 39.4 Å². The molecule has 2 aliphatic rings. The highest BCUT2D eigenvalue weighted by Gasteiger charge is 2.28. The van der Waals surface area contributed by atoms with Crippen molar-refractivity contribution >= 4 is 23.0 Å². The number of amides is 1. The third-order valence-corrected chi connectivity index (χ3v) is 6.73. The molecule has 2 aromatic rings. The van der Waals surface area contributed by atoms with Crippen molar-refractivity contribution in [1.29, 1.82) is 0 Å². The molecular weight excluding hydrogens is 418 g/mol. The minimum atomic E-state index is -0.338. The number of para-hydroxylation sites is 3. The SMILES string of the molecule is O=C(NCCCN1CCN(c2ccccc2)CC1)C1CCN(c2ccccc2[N+](=O)[O-])CC1. The second kappa shape index (κ2) is 11.1. The molecule has 8 heteroatoms. The Bertz CT molecular complexity index is 923. The fourth-order valence-electron chi connectivity index (χ4n) is 4.80. The first-order valence-electron chi connectivity index (χ1n) is 11.9. The number of nitrogens with zero attached hydrogens (tertiary/aromatic N) is 4. The standard InChI is InChI=1S/C25H33N5O3/c31-25(21-11-15-29(16-12-21)23-9-4-5-10-24(23)30(32)33)26-13-6-14-27-17-19-28(20-18-27)22-7-2-1-3-8-22/h1-5,7-10,21H,6,11-20H2,(H,26,31). The average molecular weight is 452 g/mol. The summed E-state index contributed by atoms with van der Waals surface area (Å²) < 4.78 is 0. The van der Waals surface area contributed by atoms with E-state index in [1.54, 1.807) is 12.1 Å². The van der Waals surface area contributed by atoms with Crippen LogP contribution in [0.5, 0.6) is 0 Å². The lowest BCUT2D eigenvalue weighted by Gasteiger charge is -2.36. The third kappa shape index (κ3) is 6.01. The fourth-order valence-corrected chi connectivity index (χ4v) is 4.80. The number of nitro benzene ring substituents is 1. The minimum Gasteiger partial charge on any atom is -0.369 e. The quantitative estimate of drug-likeness (QED) is 0.377. The summed E-state index contributed by atoms with van der Waals surface area (Å²) in [5.41, 5.74) is 2.07. The molecule has 8 nitrogen and oxygen atoms in total. The zero-order valence-electron chi connectivity index (χ0n) is 19.1. The average Bonchev–Trinajstić information content (AvgIpc) is 2.87. The Balaban J connectivity index is 1.13. The van der Waals surface area contributed by atoms with Gasteiger partial charge in [-0.3, -0.25) is 19.8 Å². The monoisotopic (exact) mass is 451 g/mol. The van der Waals surface area contributed by atoms with Gasteiger partial charge in [-0.1, -0.05) is 30.3 Å². The van der Waals surface area contributed by atoms with Crippen LogP contribution < -0.4 is 15.1 Å². The van der Waals surface area contributed by atoms with Gasteiger partial charge in [0.15, 0.2) is 0 Å². The molecule has 176 valence electrons. The van der Waals surface area contributed by atoms with E-state index in [1.807, 2.05) is 17.0 Å². The van der Waals surface area contributed by atoms with Gasteiger partial charge in [0.1, 0.15) is 5.69 Å². The second-order valence-corrected chi connectivity index (χ2v) is 8.82. The maximum atomic E-state index is 12.6. The van der Waals surface area contributed by atoms with E-state index >= 15 is 0 Å². The fraction of sp³-hybridized carbons (Fsp3) is 0.480. The Kier molecular flexibility index (Phi) is 7.78. The van der Waals surface area contributed by atoms with E-state index in [1.165, 1.54) is 11.8 Å². The third-order valence-electron chi connectivity index (χ3n) is 6.73. The van der Waals surface area contributed by atoms with Gasteiger partial charge < -0.3 is 15.1 Å². The molecule has 0 spiro atoms. The van der Waals surface area contributed by atoms with Crippen molar-refractivity contribution in [1.82, 2.24) is 10.2 Å². The Morgan fingerprint density at radius 2 is 1.58 bits per heavy atom. The van der Waals surface area contributed by atoms with Gasteiger partial charge >= 0.3 is 0 Å². The highest BCUT2D eigenvalue weighted by molar-refractivity contribution is 5.79. The number of piperazine rings is 1. The van der Waals surface area contributed by atoms with Crippen molar-refractivity contribution in [3.8, 4) is 0 Å². The number of piperidine rings is 1. The van der Waals surface area contributed by atoms with Crippen LogP contribution in [-0.4, -0.2) is 68.1 Å². The number of carbonyl (C=O) groups excluding carboxylic acids is 1. The first-order valence-corrected chi connectivity index (χ1v) is 11.9. The minimum absolute atomic E-state index is 0.0153. The molecule has 2 aromatic carbocycles. The van der Waals surface area contributed by atoms with Gasteiger partial charge in [0, 0.05) is 63.5 Å². The number of anilines is 2. The Labute approximate surface area is 195 Å². The molecule has 1 amide bonds. The number of nitrogens with one attached hydrogen (secondary N) is 1. The maximum Gasteiger partial charge on any atom is 0.292 e. The molecule has 0 aromatic heterocycles. The molecule has 33 heavy (non-hydrogen) atoms. The van der Waals surface area contributed by atoms with Crippen molar-refractivity contribution in [2.75, 3.05) is 62.2 Å². The van der Waals surface area contributed by atoms with E-state index in [-0.39, 0.29) is 22.4 Å². The van der Waals surface area contributed by atoms with Crippen LogP contribution in [0.3, 0.4) is 0 Å². The van der Waals surface area contributed by atoms with Gasteiger partial charge in [-0.25, -0.2) is 0 Å². The summed E-state index contributed by atoms with van der Waals surface area (Å²) in [5, 5.41) is 14.4. The number of hydrogen-bond acceptors (Lipinski definition) is 6. The van der Waals surface area contributed by atoms with Gasteiger partial charge in [0.05, 0.1) is 4.92 Å². The summed E-state index contributed by atoms with van der Waals surface area (Å²) in [5.74, 6) is 0.101. The first-order chi connectivity index (χ1) is 16.1. The first kappa shape index (κ1) is 23.0. The molecule has 0 atom stereocenters. The van der Waals surface area contributed by atoms with Crippen molar-refractivity contribution in [3.63, 3.8) is 0 Å². The van der Waals surface area contributed by atoms with Gasteiger partial charge in [-0.05, 0) is 44.0 Å². The number of benzene rings is 2. The topological polar surface area (TPSA) is 82.0 Å². The summed E-state index contributed by atoms with van der Waals surface area (Å²) >= 11 is 0. The van der Waals surface area contributed by atoms with Crippen molar-refractivity contribution < 1.29 is 9.72 Å². The predicted octanol–water partition coefficient (Wildman–Crippen LogP) is 3.14. The second-order valence-electron chi connectivity index (χ2n) is 8.82. The van der Waals surface area contributed by atoms with Crippen LogP contribution in [-0.2, 0) is 4.79 Å². The number of rotatable bonds is 8. The molecular formula is C25H33N5O3. The molecule has 1 N–H and O–H groups in total. The maximum absolute atomic E-state index is 12.6. The summed E-state index contributed by atoms with van der Waals surface area (Å²) in [6, 6.07) is 17.4. The summed E-state index contributed by atoms with van der Waals surface area (Å²) in [6.07, 6.45) is 2.39. The lowest BCUT2D eigenvalue weighted by Crippen LogP contribution is -2.47. The van der Waals surface area contributed by atoms with Gasteiger partial charge in [-0.15, -0.1) is 0 Å². The number of hydrogen-bond donors (Lipinski definition) is 1. The number of nitro groups is 1. The lowest BCUT2D eigenvalue weighted by molar-refractivity contribution is -0.384. The predicted molar refractivity (Wildman–Crippen MR) is 131 cm³/mol. The summed E-state index contributed by atoms with van der Waals surface area (Å²) in [4.78, 5) is 30.5. The van der Waals surface area contributed by atoms with Gasteiger partial charge in [0.25, 0.3) is 5.69 Å². The zero-order chi connectivity index (χ0) is 23.0. The Hall–Kier alpha value is -3.13. The summed E-state index contributed by atoms with van der Waals surface area (Å²) in [7, 11) is 0. The zero-order valence-corrected chi connectivity index (χ0v) is 19.1. The van der Waals surface area contributed by atoms with E-state index in [4.69, 9.17) is 0 Å². The van der Waals surface area contributed by atoms with Crippen LogP contribution in [0.4, 0.5) is 17.1 Å². The molecule has 0 aliphatic carbocycles. The van der Waals surface area contributed by atoms with Crippen molar-refractivity contribution in [2.45, 2.75) is 19.3 Å². The molecule has 2 aliphatic heterocycles. The largest absolute Gasteiger partial charge is 0.369 e. The van der Waals surface area contributed by atoms with E-state index in [9.17, 15) is 14.9 Å². The van der Waals surface area contributed by atoms with Crippen LogP contribution in [0.15, 0.2) is 54.6 Å². The molecule has 0 bridgehead atoms. The smallest absolute Gasteiger partial charge is 0.292 e. The highest BCUT2D eigenvalue weighted by atomic mass is 16.6. The summed E-state index contributed by atoms with van der Waals surface area (Å²) in [6.45, 7) is 7.19. The van der Waals surface area contributed by atoms with E-state index < -0.39 is 0 Å². The van der Waals surface area contributed by atoms with Crippen LogP contribution in [0.2, 0.25) is 0 Å². The highest BCUT2D eigenvalue weighted by Crippen LogP contribution is 2.31. The molecule has 0 saturated carbocycles. The Morgan fingerprint density at radius 3 is 2.27 bits per heavy atom. The molecule has 2 heterocycles. The number of carbonyl (C=O) groups is 1. The van der Waals surface area contributed by atoms with E-state index in [0.717, 1.165) is 52.0 Å². The van der Waals surface area contributed by atoms with Crippen molar-refractivity contribution in [3.05, 3.63) is 64.7 Å². The molecule has 2 saturated heterocycles. The van der Waals surface area contributed by atoms with E-state index in [0.29, 0.717) is 25.3 Å². The van der Waals surface area contributed by atoms with Crippen LogP contribution in [0.25, 0.3) is 0 Å². The van der Waals surface area contributed by atoms with Crippen LogP contribution in [0, 0.1) is 16.0 Å².